The van der Waals surface area contributed by atoms with Gasteiger partial charge >= 0.3 is 0 Å². The van der Waals surface area contributed by atoms with Crippen molar-refractivity contribution in [3.8, 4) is 17.2 Å². The lowest BCUT2D eigenvalue weighted by Crippen LogP contribution is -2.38. The van der Waals surface area contributed by atoms with E-state index >= 15 is 0 Å². The molecule has 3 aromatic rings. The van der Waals surface area contributed by atoms with Crippen molar-refractivity contribution in [2.75, 3.05) is 50.9 Å². The van der Waals surface area contributed by atoms with Gasteiger partial charge in [-0.05, 0) is 44.3 Å². The van der Waals surface area contributed by atoms with Crippen molar-refractivity contribution in [2.24, 2.45) is 0 Å². The standard InChI is InChI=1S/C24H29N3O4S/c1-4-26(5-2)11-12-27(23(28)17-7-9-18(10-8-17)29-6-3)24-25-19-15-20-21(16-22(19)32-24)31-14-13-30-20/h7-10,15-16H,4-6,11-14H2,1-3H3. The van der Waals surface area contributed by atoms with E-state index in [0.29, 0.717) is 42.8 Å². The van der Waals surface area contributed by atoms with E-state index in [1.165, 1.54) is 11.3 Å². The van der Waals surface area contributed by atoms with E-state index in [-0.39, 0.29) is 5.91 Å². The van der Waals surface area contributed by atoms with Crippen molar-refractivity contribution >= 4 is 32.6 Å². The van der Waals surface area contributed by atoms with Crippen LogP contribution in [0.2, 0.25) is 0 Å². The first kappa shape index (κ1) is 22.4. The Labute approximate surface area is 192 Å². The van der Waals surface area contributed by atoms with Gasteiger partial charge in [-0.25, -0.2) is 4.98 Å². The summed E-state index contributed by atoms with van der Waals surface area (Å²) in [6.07, 6.45) is 0. The average Bonchev–Trinajstić information content (AvgIpc) is 3.23. The number of benzene rings is 2. The molecule has 32 heavy (non-hydrogen) atoms. The highest BCUT2D eigenvalue weighted by Gasteiger charge is 2.23. The predicted molar refractivity (Wildman–Crippen MR) is 128 cm³/mol. The molecule has 1 aliphatic rings. The van der Waals surface area contributed by atoms with Crippen molar-refractivity contribution in [2.45, 2.75) is 20.8 Å². The Morgan fingerprint density at radius 1 is 1.03 bits per heavy atom. The molecule has 170 valence electrons. The van der Waals surface area contributed by atoms with Crippen LogP contribution in [0.4, 0.5) is 5.13 Å². The number of amides is 1. The van der Waals surface area contributed by atoms with E-state index in [0.717, 1.165) is 41.3 Å². The van der Waals surface area contributed by atoms with Crippen molar-refractivity contribution in [1.29, 1.82) is 0 Å². The fourth-order valence-corrected chi connectivity index (χ4v) is 4.65. The minimum Gasteiger partial charge on any atom is -0.494 e. The lowest BCUT2D eigenvalue weighted by atomic mass is 10.2. The highest BCUT2D eigenvalue weighted by Crippen LogP contribution is 2.39. The molecule has 0 atom stereocenters. The molecule has 1 aromatic heterocycles. The number of nitrogens with zero attached hydrogens (tertiary/aromatic N) is 3. The number of ether oxygens (including phenoxy) is 3. The van der Waals surface area contributed by atoms with E-state index < -0.39 is 0 Å². The SMILES string of the molecule is CCOc1ccc(C(=O)N(CCN(CC)CC)c2nc3cc4c(cc3s2)OCCO4)cc1. The lowest BCUT2D eigenvalue weighted by molar-refractivity contribution is 0.0983. The van der Waals surface area contributed by atoms with Crippen molar-refractivity contribution in [1.82, 2.24) is 9.88 Å². The fourth-order valence-electron chi connectivity index (χ4n) is 3.65. The molecular formula is C24H29N3O4S. The third-order valence-corrected chi connectivity index (χ3v) is 6.50. The molecule has 2 heterocycles. The van der Waals surface area contributed by atoms with Gasteiger partial charge in [0.1, 0.15) is 19.0 Å². The van der Waals surface area contributed by atoms with Crippen LogP contribution in [0.25, 0.3) is 10.2 Å². The molecule has 0 aliphatic carbocycles. The van der Waals surface area contributed by atoms with Gasteiger partial charge in [-0.3, -0.25) is 9.69 Å². The first-order valence-electron chi connectivity index (χ1n) is 11.1. The second-order valence-electron chi connectivity index (χ2n) is 7.40. The zero-order chi connectivity index (χ0) is 22.5. The summed E-state index contributed by atoms with van der Waals surface area (Å²) in [4.78, 5) is 22.4. The zero-order valence-electron chi connectivity index (χ0n) is 18.8. The quantitative estimate of drug-likeness (QED) is 0.475. The maximum absolute atomic E-state index is 13.5. The summed E-state index contributed by atoms with van der Waals surface area (Å²) in [5.41, 5.74) is 1.42. The molecule has 2 aromatic carbocycles. The molecule has 7 nitrogen and oxygen atoms in total. The number of aromatic nitrogens is 1. The first-order chi connectivity index (χ1) is 15.6. The normalized spacial score (nSPS) is 12.9. The van der Waals surface area contributed by atoms with Crippen LogP contribution < -0.4 is 19.1 Å². The number of rotatable bonds is 9. The van der Waals surface area contributed by atoms with Crippen molar-refractivity contribution in [3.63, 3.8) is 0 Å². The number of likely N-dealkylation sites (N-methyl/N-ethyl adjacent to an activating group) is 1. The van der Waals surface area contributed by atoms with E-state index in [2.05, 4.69) is 18.7 Å². The number of fused-ring (bicyclic) bond motifs is 2. The maximum atomic E-state index is 13.5. The van der Waals surface area contributed by atoms with Crippen LogP contribution in [-0.2, 0) is 0 Å². The predicted octanol–water partition coefficient (Wildman–Crippen LogP) is 4.45. The third kappa shape index (κ3) is 4.81. The summed E-state index contributed by atoms with van der Waals surface area (Å²) in [6.45, 7) is 11.1. The Morgan fingerprint density at radius 2 is 1.72 bits per heavy atom. The topological polar surface area (TPSA) is 64.1 Å². The monoisotopic (exact) mass is 455 g/mol. The summed E-state index contributed by atoms with van der Waals surface area (Å²) in [7, 11) is 0. The van der Waals surface area contributed by atoms with Crippen LogP contribution in [0.1, 0.15) is 31.1 Å². The minimum atomic E-state index is -0.0727. The number of carbonyl (C=O) groups excluding carboxylic acids is 1. The summed E-state index contributed by atoms with van der Waals surface area (Å²) in [5, 5.41) is 0.674. The molecule has 1 aliphatic heterocycles. The number of carbonyl (C=O) groups is 1. The largest absolute Gasteiger partial charge is 0.494 e. The number of thiazole rings is 1. The van der Waals surface area contributed by atoms with Gasteiger partial charge in [0.2, 0.25) is 0 Å². The van der Waals surface area contributed by atoms with E-state index in [1.54, 1.807) is 4.90 Å². The Morgan fingerprint density at radius 3 is 2.38 bits per heavy atom. The second-order valence-corrected chi connectivity index (χ2v) is 8.41. The molecule has 0 saturated carbocycles. The maximum Gasteiger partial charge on any atom is 0.260 e. The molecule has 0 N–H and O–H groups in total. The van der Waals surface area contributed by atoms with Crippen LogP contribution in [-0.4, -0.2) is 61.8 Å². The Balaban J connectivity index is 1.65. The summed E-state index contributed by atoms with van der Waals surface area (Å²) < 4.78 is 17.9. The average molecular weight is 456 g/mol. The molecule has 0 fully saturated rings. The smallest absolute Gasteiger partial charge is 0.260 e. The zero-order valence-corrected chi connectivity index (χ0v) is 19.6. The molecule has 0 saturated heterocycles. The lowest BCUT2D eigenvalue weighted by Gasteiger charge is -2.24. The molecular weight excluding hydrogens is 426 g/mol. The molecule has 0 radical (unpaired) electrons. The van der Waals surface area contributed by atoms with Crippen LogP contribution in [0.15, 0.2) is 36.4 Å². The highest BCUT2D eigenvalue weighted by atomic mass is 32.1. The number of anilines is 1. The van der Waals surface area contributed by atoms with Crippen molar-refractivity contribution in [3.05, 3.63) is 42.0 Å². The number of hydrogen-bond donors (Lipinski definition) is 0. The van der Waals surface area contributed by atoms with E-state index in [9.17, 15) is 4.79 Å². The van der Waals surface area contributed by atoms with Crippen LogP contribution in [0.3, 0.4) is 0 Å². The van der Waals surface area contributed by atoms with Gasteiger partial charge in [0, 0.05) is 30.8 Å². The first-order valence-corrected chi connectivity index (χ1v) is 11.9. The minimum absolute atomic E-state index is 0.0727. The Kier molecular flexibility index (Phi) is 7.12. The fraction of sp³-hybridized carbons (Fsp3) is 0.417. The molecule has 8 heteroatoms. The Bertz CT molecular complexity index is 1020. The van der Waals surface area contributed by atoms with Crippen molar-refractivity contribution < 1.29 is 19.0 Å². The number of hydrogen-bond acceptors (Lipinski definition) is 7. The van der Waals surface area contributed by atoms with Crippen LogP contribution in [0, 0.1) is 0 Å². The second kappa shape index (κ2) is 10.2. The van der Waals surface area contributed by atoms with Gasteiger partial charge < -0.3 is 19.1 Å². The molecule has 0 spiro atoms. The van der Waals surface area contributed by atoms with Gasteiger partial charge in [0.15, 0.2) is 16.6 Å². The Hall–Kier alpha value is -2.84. The van der Waals surface area contributed by atoms with Gasteiger partial charge in [-0.1, -0.05) is 25.2 Å². The van der Waals surface area contributed by atoms with Crippen LogP contribution >= 0.6 is 11.3 Å². The van der Waals surface area contributed by atoms with E-state index in [4.69, 9.17) is 19.2 Å². The summed E-state index contributed by atoms with van der Waals surface area (Å²) in [5.74, 6) is 2.11. The summed E-state index contributed by atoms with van der Waals surface area (Å²) >= 11 is 1.49. The van der Waals surface area contributed by atoms with Gasteiger partial charge in [0.05, 0.1) is 16.8 Å². The third-order valence-electron chi connectivity index (χ3n) is 5.46. The van der Waals surface area contributed by atoms with Gasteiger partial charge in [-0.2, -0.15) is 0 Å². The van der Waals surface area contributed by atoms with E-state index in [1.807, 2.05) is 43.3 Å². The van der Waals surface area contributed by atoms with Crippen LogP contribution in [0.5, 0.6) is 17.2 Å². The van der Waals surface area contributed by atoms with Gasteiger partial charge in [-0.15, -0.1) is 0 Å². The highest BCUT2D eigenvalue weighted by molar-refractivity contribution is 7.22. The molecule has 0 bridgehead atoms. The summed E-state index contributed by atoms with van der Waals surface area (Å²) in [6, 6.07) is 11.1. The molecule has 4 rings (SSSR count). The molecule has 1 amide bonds. The van der Waals surface area contributed by atoms with Gasteiger partial charge in [0.25, 0.3) is 5.91 Å². The molecule has 0 unspecified atom stereocenters.